The molecule has 0 aliphatic rings. The summed E-state index contributed by atoms with van der Waals surface area (Å²) >= 11 is 0. The number of hydrogen-bond acceptors (Lipinski definition) is 3. The SMILES string of the molecule is CNC(CO)CCOc1cccc(C(C)C)c1. The molecule has 0 fully saturated rings. The molecule has 0 saturated carbocycles. The third-order valence-electron chi connectivity index (χ3n) is 2.89. The highest BCUT2D eigenvalue weighted by Gasteiger charge is 2.05. The van der Waals surface area contributed by atoms with E-state index in [1.165, 1.54) is 5.56 Å². The molecule has 1 rings (SSSR count). The van der Waals surface area contributed by atoms with Crippen LogP contribution in [0.15, 0.2) is 24.3 Å². The molecule has 0 heterocycles. The molecule has 1 unspecified atom stereocenters. The molecule has 2 N–H and O–H groups in total. The molecule has 0 aliphatic carbocycles. The van der Waals surface area contributed by atoms with Crippen molar-refractivity contribution in [1.29, 1.82) is 0 Å². The van der Waals surface area contributed by atoms with Gasteiger partial charge in [-0.1, -0.05) is 26.0 Å². The highest BCUT2D eigenvalue weighted by Crippen LogP contribution is 2.20. The average Bonchev–Trinajstić information content (AvgIpc) is 2.35. The molecule has 0 amide bonds. The second kappa shape index (κ2) is 7.30. The lowest BCUT2D eigenvalue weighted by atomic mass is 10.0. The normalized spacial score (nSPS) is 12.8. The quantitative estimate of drug-likeness (QED) is 0.763. The van der Waals surface area contributed by atoms with Crippen LogP contribution in [-0.4, -0.2) is 31.4 Å². The zero-order valence-corrected chi connectivity index (χ0v) is 10.9. The summed E-state index contributed by atoms with van der Waals surface area (Å²) in [6, 6.07) is 8.30. The summed E-state index contributed by atoms with van der Waals surface area (Å²) in [4.78, 5) is 0. The van der Waals surface area contributed by atoms with E-state index in [4.69, 9.17) is 9.84 Å². The van der Waals surface area contributed by atoms with Crippen molar-refractivity contribution in [2.45, 2.75) is 32.2 Å². The topological polar surface area (TPSA) is 41.5 Å². The molecule has 3 heteroatoms. The average molecular weight is 237 g/mol. The summed E-state index contributed by atoms with van der Waals surface area (Å²) < 4.78 is 5.68. The highest BCUT2D eigenvalue weighted by atomic mass is 16.5. The lowest BCUT2D eigenvalue weighted by Crippen LogP contribution is -2.30. The monoisotopic (exact) mass is 237 g/mol. The van der Waals surface area contributed by atoms with Crippen molar-refractivity contribution in [3.05, 3.63) is 29.8 Å². The largest absolute Gasteiger partial charge is 0.494 e. The molecule has 0 aromatic heterocycles. The third kappa shape index (κ3) is 4.75. The fraction of sp³-hybridized carbons (Fsp3) is 0.571. The molecule has 1 aromatic rings. The van der Waals surface area contributed by atoms with Crippen molar-refractivity contribution < 1.29 is 9.84 Å². The van der Waals surface area contributed by atoms with Gasteiger partial charge in [0.25, 0.3) is 0 Å². The van der Waals surface area contributed by atoms with E-state index in [-0.39, 0.29) is 12.6 Å². The summed E-state index contributed by atoms with van der Waals surface area (Å²) in [5.74, 6) is 1.42. The number of aliphatic hydroxyl groups is 1. The molecule has 3 nitrogen and oxygen atoms in total. The fourth-order valence-corrected chi connectivity index (χ4v) is 1.61. The smallest absolute Gasteiger partial charge is 0.119 e. The number of nitrogens with one attached hydrogen (secondary N) is 1. The predicted octanol–water partition coefficient (Wildman–Crippen LogP) is 2.16. The maximum absolute atomic E-state index is 9.02. The lowest BCUT2D eigenvalue weighted by molar-refractivity contribution is 0.214. The minimum absolute atomic E-state index is 0.114. The van der Waals surface area contributed by atoms with Crippen LogP contribution in [0.3, 0.4) is 0 Å². The minimum Gasteiger partial charge on any atom is -0.494 e. The van der Waals surface area contributed by atoms with Crippen molar-refractivity contribution in [2.24, 2.45) is 0 Å². The molecule has 96 valence electrons. The van der Waals surface area contributed by atoms with Crippen LogP contribution in [0.2, 0.25) is 0 Å². The van der Waals surface area contributed by atoms with Crippen LogP contribution < -0.4 is 10.1 Å². The first-order chi connectivity index (χ1) is 8.17. The first kappa shape index (κ1) is 14.0. The second-order valence-corrected chi connectivity index (χ2v) is 4.53. The van der Waals surface area contributed by atoms with Crippen LogP contribution in [-0.2, 0) is 0 Å². The summed E-state index contributed by atoms with van der Waals surface area (Å²) in [5.41, 5.74) is 1.29. The van der Waals surface area contributed by atoms with Gasteiger partial charge in [0, 0.05) is 6.04 Å². The lowest BCUT2D eigenvalue weighted by Gasteiger charge is -2.14. The Bertz CT molecular complexity index is 322. The first-order valence-electron chi connectivity index (χ1n) is 6.18. The van der Waals surface area contributed by atoms with E-state index < -0.39 is 0 Å². The predicted molar refractivity (Wildman–Crippen MR) is 70.6 cm³/mol. The Hall–Kier alpha value is -1.06. The number of benzene rings is 1. The van der Waals surface area contributed by atoms with Gasteiger partial charge in [-0.15, -0.1) is 0 Å². The van der Waals surface area contributed by atoms with Crippen molar-refractivity contribution in [2.75, 3.05) is 20.3 Å². The van der Waals surface area contributed by atoms with Gasteiger partial charge in [0.1, 0.15) is 5.75 Å². The van der Waals surface area contributed by atoms with E-state index in [1.807, 2.05) is 19.2 Å². The second-order valence-electron chi connectivity index (χ2n) is 4.53. The molecule has 0 saturated heterocycles. The van der Waals surface area contributed by atoms with Crippen LogP contribution in [0.25, 0.3) is 0 Å². The Morgan fingerprint density at radius 2 is 2.12 bits per heavy atom. The standard InChI is InChI=1S/C14H23NO2/c1-11(2)12-5-4-6-14(9-12)17-8-7-13(10-16)15-3/h4-6,9,11,13,15-16H,7-8,10H2,1-3H3. The fourth-order valence-electron chi connectivity index (χ4n) is 1.61. The van der Waals surface area contributed by atoms with Gasteiger partial charge < -0.3 is 15.2 Å². The number of aliphatic hydroxyl groups excluding tert-OH is 1. The Balaban J connectivity index is 2.43. The highest BCUT2D eigenvalue weighted by molar-refractivity contribution is 5.30. The van der Waals surface area contributed by atoms with Gasteiger partial charge in [-0.3, -0.25) is 0 Å². The van der Waals surface area contributed by atoms with Gasteiger partial charge in [-0.05, 0) is 37.1 Å². The summed E-state index contributed by atoms with van der Waals surface area (Å²) in [7, 11) is 1.85. The molecule has 0 aliphatic heterocycles. The number of rotatable bonds is 7. The van der Waals surface area contributed by atoms with Gasteiger partial charge in [-0.25, -0.2) is 0 Å². The molecular weight excluding hydrogens is 214 g/mol. The Kier molecular flexibility index (Phi) is 6.01. The van der Waals surface area contributed by atoms with E-state index in [2.05, 4.69) is 31.3 Å². The summed E-state index contributed by atoms with van der Waals surface area (Å²) in [5, 5.41) is 12.1. The molecule has 1 aromatic carbocycles. The van der Waals surface area contributed by atoms with Gasteiger partial charge in [-0.2, -0.15) is 0 Å². The molecule has 0 spiro atoms. The molecule has 17 heavy (non-hydrogen) atoms. The summed E-state index contributed by atoms with van der Waals surface area (Å²) in [6.45, 7) is 5.10. The maximum Gasteiger partial charge on any atom is 0.119 e. The van der Waals surface area contributed by atoms with Crippen molar-refractivity contribution in [3.8, 4) is 5.75 Å². The Labute approximate surface area is 104 Å². The molecule has 0 radical (unpaired) electrons. The number of hydrogen-bond donors (Lipinski definition) is 2. The maximum atomic E-state index is 9.02. The van der Waals surface area contributed by atoms with Gasteiger partial charge in [0.2, 0.25) is 0 Å². The van der Waals surface area contributed by atoms with E-state index in [1.54, 1.807) is 0 Å². The molecule has 0 bridgehead atoms. The summed E-state index contributed by atoms with van der Waals surface area (Å²) in [6.07, 6.45) is 0.804. The molecule has 1 atom stereocenters. The Morgan fingerprint density at radius 3 is 2.71 bits per heavy atom. The van der Waals surface area contributed by atoms with Crippen LogP contribution in [0.1, 0.15) is 31.7 Å². The van der Waals surface area contributed by atoms with E-state index >= 15 is 0 Å². The van der Waals surface area contributed by atoms with E-state index in [9.17, 15) is 0 Å². The van der Waals surface area contributed by atoms with Gasteiger partial charge in [0.15, 0.2) is 0 Å². The zero-order chi connectivity index (χ0) is 12.7. The van der Waals surface area contributed by atoms with Crippen molar-refractivity contribution >= 4 is 0 Å². The van der Waals surface area contributed by atoms with Gasteiger partial charge >= 0.3 is 0 Å². The van der Waals surface area contributed by atoms with Crippen LogP contribution in [0.5, 0.6) is 5.75 Å². The van der Waals surface area contributed by atoms with Crippen LogP contribution in [0.4, 0.5) is 0 Å². The van der Waals surface area contributed by atoms with Crippen molar-refractivity contribution in [3.63, 3.8) is 0 Å². The third-order valence-corrected chi connectivity index (χ3v) is 2.89. The van der Waals surface area contributed by atoms with Crippen LogP contribution >= 0.6 is 0 Å². The minimum atomic E-state index is 0.114. The molecular formula is C14H23NO2. The first-order valence-corrected chi connectivity index (χ1v) is 6.18. The zero-order valence-electron chi connectivity index (χ0n) is 10.9. The van der Waals surface area contributed by atoms with Crippen molar-refractivity contribution in [1.82, 2.24) is 5.32 Å². The van der Waals surface area contributed by atoms with Gasteiger partial charge in [0.05, 0.1) is 13.2 Å². The number of likely N-dealkylation sites (N-methyl/N-ethyl adjacent to an activating group) is 1. The van der Waals surface area contributed by atoms with Crippen LogP contribution in [0, 0.1) is 0 Å². The Morgan fingerprint density at radius 1 is 1.35 bits per heavy atom. The number of ether oxygens (including phenoxy) is 1. The van der Waals surface area contributed by atoms with E-state index in [0.29, 0.717) is 12.5 Å². The van der Waals surface area contributed by atoms with E-state index in [0.717, 1.165) is 12.2 Å².